The molecule has 1 aromatic heterocycles. The number of anilines is 2. The van der Waals surface area contributed by atoms with Crippen molar-refractivity contribution in [3.8, 4) is 0 Å². The number of hydrogen-bond donors (Lipinski definition) is 1. The van der Waals surface area contributed by atoms with Crippen molar-refractivity contribution in [2.24, 2.45) is 0 Å². The highest BCUT2D eigenvalue weighted by Crippen LogP contribution is 2.27. The fourth-order valence-electron chi connectivity index (χ4n) is 2.74. The number of benzene rings is 1. The summed E-state index contributed by atoms with van der Waals surface area (Å²) < 4.78 is 14.2. The van der Waals surface area contributed by atoms with Gasteiger partial charge in [0.05, 0.1) is 5.69 Å². The monoisotopic (exact) mass is 306 g/mol. The Morgan fingerprint density at radius 3 is 2.67 bits per heavy atom. The molecule has 2 heterocycles. The molecular weight excluding hydrogens is 287 g/mol. The van der Waals surface area contributed by atoms with E-state index in [2.05, 4.69) is 20.1 Å². The summed E-state index contributed by atoms with van der Waals surface area (Å²) in [7, 11) is 1.88. The number of para-hydroxylation sites is 1. The van der Waals surface area contributed by atoms with Crippen LogP contribution in [0.1, 0.15) is 5.56 Å². The molecule has 6 heteroatoms. The zero-order chi connectivity index (χ0) is 14.7. The lowest BCUT2D eigenvalue weighted by Gasteiger charge is -2.37. The van der Waals surface area contributed by atoms with Gasteiger partial charge in [-0.3, -0.25) is 0 Å². The highest BCUT2D eigenvalue weighted by molar-refractivity contribution is 7.13. The minimum atomic E-state index is -0.134. The molecule has 0 spiro atoms. The van der Waals surface area contributed by atoms with Crippen LogP contribution in [0.5, 0.6) is 0 Å². The molecule has 0 saturated carbocycles. The second-order valence-corrected chi connectivity index (χ2v) is 5.94. The van der Waals surface area contributed by atoms with Crippen LogP contribution in [0, 0.1) is 5.82 Å². The molecular formula is C15H19FN4S. The zero-order valence-electron chi connectivity index (χ0n) is 12.1. The molecule has 1 N–H and O–H groups in total. The number of halogens is 1. The molecule has 1 aromatic carbocycles. The van der Waals surface area contributed by atoms with E-state index in [-0.39, 0.29) is 5.82 Å². The van der Waals surface area contributed by atoms with E-state index < -0.39 is 0 Å². The van der Waals surface area contributed by atoms with Crippen LogP contribution in [0.15, 0.2) is 29.8 Å². The molecule has 21 heavy (non-hydrogen) atoms. The minimum absolute atomic E-state index is 0.134. The lowest BCUT2D eigenvalue weighted by atomic mass is 10.1. The van der Waals surface area contributed by atoms with Crippen molar-refractivity contribution >= 4 is 22.2 Å². The Labute approximate surface area is 128 Å². The van der Waals surface area contributed by atoms with Gasteiger partial charge >= 0.3 is 0 Å². The van der Waals surface area contributed by atoms with E-state index in [1.807, 2.05) is 24.7 Å². The van der Waals surface area contributed by atoms with Gasteiger partial charge in [-0.25, -0.2) is 9.37 Å². The quantitative estimate of drug-likeness (QED) is 0.939. The minimum Gasteiger partial charge on any atom is -0.365 e. The zero-order valence-corrected chi connectivity index (χ0v) is 12.9. The van der Waals surface area contributed by atoms with Crippen LogP contribution in [-0.4, -0.2) is 38.2 Å². The number of rotatable bonds is 4. The predicted octanol–water partition coefficient (Wildman–Crippen LogP) is 2.33. The van der Waals surface area contributed by atoms with Gasteiger partial charge in [-0.2, -0.15) is 0 Å². The molecule has 0 aliphatic carbocycles. The third-order valence-electron chi connectivity index (χ3n) is 3.72. The maximum Gasteiger partial charge on any atom is 0.185 e. The van der Waals surface area contributed by atoms with Crippen molar-refractivity contribution < 1.29 is 4.39 Å². The average Bonchev–Trinajstić information content (AvgIpc) is 3.02. The predicted molar refractivity (Wildman–Crippen MR) is 85.7 cm³/mol. The van der Waals surface area contributed by atoms with E-state index in [4.69, 9.17) is 0 Å². The molecule has 0 amide bonds. The Bertz CT molecular complexity index is 579. The van der Waals surface area contributed by atoms with Gasteiger partial charge in [-0.15, -0.1) is 11.3 Å². The molecule has 4 nitrogen and oxygen atoms in total. The summed E-state index contributed by atoms with van der Waals surface area (Å²) in [5, 5.41) is 6.15. The van der Waals surface area contributed by atoms with Crippen molar-refractivity contribution in [3.63, 3.8) is 0 Å². The second kappa shape index (κ2) is 6.41. The molecule has 0 bridgehead atoms. The first-order valence-electron chi connectivity index (χ1n) is 7.11. The third kappa shape index (κ3) is 3.01. The lowest BCUT2D eigenvalue weighted by Crippen LogP contribution is -2.47. The lowest BCUT2D eigenvalue weighted by molar-refractivity contribution is 0.592. The molecule has 0 radical (unpaired) electrons. The van der Waals surface area contributed by atoms with Crippen molar-refractivity contribution in [1.82, 2.24) is 10.3 Å². The molecule has 1 saturated heterocycles. The van der Waals surface area contributed by atoms with Crippen LogP contribution >= 0.6 is 11.3 Å². The summed E-state index contributed by atoms with van der Waals surface area (Å²) >= 11 is 1.65. The summed E-state index contributed by atoms with van der Waals surface area (Å²) in [4.78, 5) is 8.75. The Balaban J connectivity index is 1.75. The molecule has 1 fully saturated rings. The number of thiazole rings is 1. The number of nitrogens with one attached hydrogen (secondary N) is 1. The van der Waals surface area contributed by atoms with Gasteiger partial charge < -0.3 is 15.1 Å². The molecule has 0 unspecified atom stereocenters. The van der Waals surface area contributed by atoms with Gasteiger partial charge in [-0.1, -0.05) is 12.1 Å². The molecule has 2 aromatic rings. The van der Waals surface area contributed by atoms with E-state index in [0.29, 0.717) is 6.54 Å². The van der Waals surface area contributed by atoms with Crippen LogP contribution in [-0.2, 0) is 6.54 Å². The summed E-state index contributed by atoms with van der Waals surface area (Å²) in [6, 6.07) is 5.31. The van der Waals surface area contributed by atoms with Gasteiger partial charge in [0.2, 0.25) is 0 Å². The van der Waals surface area contributed by atoms with Gasteiger partial charge in [0.15, 0.2) is 5.13 Å². The molecule has 1 aliphatic rings. The van der Waals surface area contributed by atoms with E-state index in [1.165, 1.54) is 0 Å². The summed E-state index contributed by atoms with van der Waals surface area (Å²) in [5.41, 5.74) is 1.76. The SMILES string of the molecule is CNCc1cccc(F)c1N1CCN(c2nccs2)CC1. The average molecular weight is 306 g/mol. The number of piperazine rings is 1. The van der Waals surface area contributed by atoms with Crippen molar-refractivity contribution in [3.05, 3.63) is 41.2 Å². The Morgan fingerprint density at radius 2 is 2.00 bits per heavy atom. The van der Waals surface area contributed by atoms with Gasteiger partial charge in [-0.05, 0) is 18.7 Å². The van der Waals surface area contributed by atoms with Gasteiger partial charge in [0, 0.05) is 44.3 Å². The molecule has 0 atom stereocenters. The van der Waals surface area contributed by atoms with Crippen LogP contribution in [0.4, 0.5) is 15.2 Å². The van der Waals surface area contributed by atoms with Gasteiger partial charge in [0.25, 0.3) is 0 Å². The summed E-state index contributed by atoms with van der Waals surface area (Å²) in [5.74, 6) is -0.134. The number of aromatic nitrogens is 1. The van der Waals surface area contributed by atoms with E-state index in [0.717, 1.165) is 42.6 Å². The van der Waals surface area contributed by atoms with Crippen LogP contribution in [0.2, 0.25) is 0 Å². The fraction of sp³-hybridized carbons (Fsp3) is 0.400. The van der Waals surface area contributed by atoms with Crippen molar-refractivity contribution in [2.45, 2.75) is 6.54 Å². The maximum absolute atomic E-state index is 14.2. The topological polar surface area (TPSA) is 31.4 Å². The number of nitrogens with zero attached hydrogens (tertiary/aromatic N) is 3. The smallest absolute Gasteiger partial charge is 0.185 e. The van der Waals surface area contributed by atoms with Crippen LogP contribution in [0.25, 0.3) is 0 Å². The first kappa shape index (κ1) is 14.3. The first-order valence-corrected chi connectivity index (χ1v) is 7.99. The van der Waals surface area contributed by atoms with E-state index in [1.54, 1.807) is 23.5 Å². The van der Waals surface area contributed by atoms with Crippen LogP contribution < -0.4 is 15.1 Å². The fourth-order valence-corrected chi connectivity index (χ4v) is 3.44. The normalized spacial score (nSPS) is 15.5. The van der Waals surface area contributed by atoms with E-state index >= 15 is 0 Å². The number of hydrogen-bond acceptors (Lipinski definition) is 5. The highest BCUT2D eigenvalue weighted by Gasteiger charge is 2.22. The van der Waals surface area contributed by atoms with Crippen LogP contribution in [0.3, 0.4) is 0 Å². The van der Waals surface area contributed by atoms with Crippen molar-refractivity contribution in [2.75, 3.05) is 43.0 Å². The Kier molecular flexibility index (Phi) is 4.36. The molecule has 1 aliphatic heterocycles. The van der Waals surface area contributed by atoms with E-state index in [9.17, 15) is 4.39 Å². The Hall–Kier alpha value is -1.66. The van der Waals surface area contributed by atoms with Gasteiger partial charge in [0.1, 0.15) is 5.82 Å². The maximum atomic E-state index is 14.2. The van der Waals surface area contributed by atoms with Crippen molar-refractivity contribution in [1.29, 1.82) is 0 Å². The molecule has 112 valence electrons. The first-order chi connectivity index (χ1) is 10.3. The second-order valence-electron chi connectivity index (χ2n) is 5.07. The third-order valence-corrected chi connectivity index (χ3v) is 4.56. The summed E-state index contributed by atoms with van der Waals surface area (Å²) in [6.45, 7) is 4.07. The highest BCUT2D eigenvalue weighted by atomic mass is 32.1. The standard InChI is InChI=1S/C15H19FN4S/c1-17-11-12-3-2-4-13(16)14(12)19-6-8-20(9-7-19)15-18-5-10-21-15/h2-5,10,17H,6-9,11H2,1H3. The summed E-state index contributed by atoms with van der Waals surface area (Å²) in [6.07, 6.45) is 1.83. The Morgan fingerprint density at radius 1 is 1.24 bits per heavy atom. The molecule has 3 rings (SSSR count). The largest absolute Gasteiger partial charge is 0.365 e.